The largest absolute Gasteiger partial charge is 0.271 e. The number of carbonyl (C=O) groups excluding carboxylic acids is 1. The van der Waals surface area contributed by atoms with E-state index >= 15 is 0 Å². The van der Waals surface area contributed by atoms with Crippen molar-refractivity contribution in [2.45, 2.75) is 10.2 Å². The van der Waals surface area contributed by atoms with Crippen LogP contribution >= 0.6 is 11.8 Å². The number of nitrogens with one attached hydrogen (secondary N) is 1. The molecule has 0 aliphatic carbocycles. The Morgan fingerprint density at radius 1 is 1.16 bits per heavy atom. The van der Waals surface area contributed by atoms with E-state index in [1.54, 1.807) is 42.9 Å². The van der Waals surface area contributed by atoms with Crippen molar-refractivity contribution < 1.29 is 9.72 Å². The van der Waals surface area contributed by atoms with Gasteiger partial charge in [-0.05, 0) is 36.0 Å². The smallest absolute Gasteiger partial charge is 0.268 e. The minimum absolute atomic E-state index is 0.0528. The maximum absolute atomic E-state index is 13.0. The highest BCUT2D eigenvalue weighted by Gasteiger charge is 2.15. The summed E-state index contributed by atoms with van der Waals surface area (Å²) < 4.78 is 1.35. The van der Waals surface area contributed by atoms with E-state index in [2.05, 4.69) is 25.5 Å². The molecule has 0 spiro atoms. The Hall–Kier alpha value is -4.45. The van der Waals surface area contributed by atoms with E-state index < -0.39 is 16.4 Å². The fourth-order valence-corrected chi connectivity index (χ4v) is 3.47. The molecule has 0 bridgehead atoms. The van der Waals surface area contributed by atoms with Crippen LogP contribution in [-0.2, 0) is 0 Å². The third-order valence-corrected chi connectivity index (χ3v) is 5.04. The van der Waals surface area contributed by atoms with E-state index in [1.807, 2.05) is 0 Å². The number of non-ortho nitro benzene ring substituents is 1. The summed E-state index contributed by atoms with van der Waals surface area (Å²) in [5.74, 6) is -0.667. The number of nitrogens with zero attached hydrogens (tertiary/aromatic N) is 6. The van der Waals surface area contributed by atoms with Crippen LogP contribution in [0.2, 0.25) is 0 Å². The molecule has 11 nitrogen and oxygen atoms in total. The van der Waals surface area contributed by atoms with Gasteiger partial charge in [-0.15, -0.1) is 0 Å². The Morgan fingerprint density at radius 2 is 1.97 bits per heavy atom. The normalized spacial score (nSPS) is 11.0. The molecule has 4 rings (SSSR count). The summed E-state index contributed by atoms with van der Waals surface area (Å²) in [6, 6.07) is 12.0. The van der Waals surface area contributed by atoms with Crippen LogP contribution in [0.25, 0.3) is 5.65 Å². The van der Waals surface area contributed by atoms with Crippen LogP contribution in [0.4, 0.5) is 5.69 Å². The SMILES string of the molecule is O=C(NN=Cc1c(Sc2ncccn2)nc2ccccn2c1=O)c1cccc([N+](=O)[O-])c1. The van der Waals surface area contributed by atoms with Gasteiger partial charge in [0.1, 0.15) is 10.7 Å². The van der Waals surface area contributed by atoms with Crippen molar-refractivity contribution in [2.75, 3.05) is 0 Å². The maximum atomic E-state index is 13.0. The average Bonchev–Trinajstić information content (AvgIpc) is 2.81. The number of carbonyl (C=O) groups is 1. The summed E-state index contributed by atoms with van der Waals surface area (Å²) in [7, 11) is 0. The molecule has 0 unspecified atom stereocenters. The van der Waals surface area contributed by atoms with Gasteiger partial charge in [0.25, 0.3) is 17.2 Å². The van der Waals surface area contributed by atoms with Crippen LogP contribution in [0.3, 0.4) is 0 Å². The molecule has 1 amide bonds. The Kier molecular flexibility index (Phi) is 5.94. The van der Waals surface area contributed by atoms with Crippen molar-refractivity contribution in [1.29, 1.82) is 0 Å². The zero-order chi connectivity index (χ0) is 22.5. The van der Waals surface area contributed by atoms with E-state index in [4.69, 9.17) is 0 Å². The van der Waals surface area contributed by atoms with Gasteiger partial charge in [-0.25, -0.2) is 20.4 Å². The van der Waals surface area contributed by atoms with Gasteiger partial charge < -0.3 is 0 Å². The molecule has 158 valence electrons. The van der Waals surface area contributed by atoms with Gasteiger partial charge in [0.15, 0.2) is 5.16 Å². The lowest BCUT2D eigenvalue weighted by Gasteiger charge is -2.07. The summed E-state index contributed by atoms with van der Waals surface area (Å²) in [6.45, 7) is 0. The molecule has 0 aliphatic rings. The van der Waals surface area contributed by atoms with Crippen molar-refractivity contribution in [1.82, 2.24) is 24.8 Å². The van der Waals surface area contributed by atoms with E-state index in [-0.39, 0.29) is 16.8 Å². The minimum atomic E-state index is -0.667. The van der Waals surface area contributed by atoms with Crippen molar-refractivity contribution in [3.8, 4) is 0 Å². The Morgan fingerprint density at radius 3 is 2.75 bits per heavy atom. The van der Waals surface area contributed by atoms with Crippen LogP contribution in [0.5, 0.6) is 0 Å². The maximum Gasteiger partial charge on any atom is 0.271 e. The van der Waals surface area contributed by atoms with Gasteiger partial charge in [-0.1, -0.05) is 12.1 Å². The quantitative estimate of drug-likeness (QED) is 0.156. The van der Waals surface area contributed by atoms with Crippen LogP contribution < -0.4 is 11.0 Å². The van der Waals surface area contributed by atoms with E-state index in [9.17, 15) is 19.7 Å². The van der Waals surface area contributed by atoms with E-state index in [0.29, 0.717) is 15.8 Å². The fourth-order valence-electron chi connectivity index (χ4n) is 2.68. The standard InChI is InChI=1S/C20H13N7O4S/c28-17(13-5-3-6-14(11-13)27(30)31)25-23-12-15-18(32-20-21-8-4-9-22-20)24-16-7-1-2-10-26(16)19(15)29/h1-12H,(H,25,28). The van der Waals surface area contributed by atoms with Crippen LogP contribution in [-0.4, -0.2) is 36.4 Å². The van der Waals surface area contributed by atoms with Crippen LogP contribution in [0.1, 0.15) is 15.9 Å². The molecule has 0 saturated carbocycles. The van der Waals surface area contributed by atoms with Crippen LogP contribution in [0.15, 0.2) is 87.2 Å². The zero-order valence-electron chi connectivity index (χ0n) is 16.2. The summed E-state index contributed by atoms with van der Waals surface area (Å²) in [5, 5.41) is 15.4. The van der Waals surface area contributed by atoms with Gasteiger partial charge in [-0.3, -0.25) is 24.1 Å². The monoisotopic (exact) mass is 447 g/mol. The van der Waals surface area contributed by atoms with Crippen molar-refractivity contribution >= 4 is 35.2 Å². The first-order valence-electron chi connectivity index (χ1n) is 9.07. The zero-order valence-corrected chi connectivity index (χ0v) is 17.0. The average molecular weight is 447 g/mol. The first-order valence-corrected chi connectivity index (χ1v) is 9.89. The number of aromatic nitrogens is 4. The van der Waals surface area contributed by atoms with Gasteiger partial charge in [0.2, 0.25) is 0 Å². The summed E-state index contributed by atoms with van der Waals surface area (Å²) >= 11 is 1.08. The molecule has 0 radical (unpaired) electrons. The number of hydrogen-bond acceptors (Lipinski definition) is 9. The number of hydrogen-bond donors (Lipinski definition) is 1. The number of fused-ring (bicyclic) bond motifs is 1. The first-order chi connectivity index (χ1) is 15.5. The number of nitro benzene ring substituents is 1. The molecular formula is C20H13N7O4S. The lowest BCUT2D eigenvalue weighted by Crippen LogP contribution is -2.23. The first kappa shape index (κ1) is 20.8. The van der Waals surface area contributed by atoms with Crippen molar-refractivity contribution in [3.05, 3.63) is 98.7 Å². The molecular weight excluding hydrogens is 434 g/mol. The van der Waals surface area contributed by atoms with E-state index in [0.717, 1.165) is 17.8 Å². The fraction of sp³-hybridized carbons (Fsp3) is 0. The number of pyridine rings is 1. The predicted molar refractivity (Wildman–Crippen MR) is 116 cm³/mol. The Bertz CT molecular complexity index is 1410. The summed E-state index contributed by atoms with van der Waals surface area (Å²) in [4.78, 5) is 48.3. The lowest BCUT2D eigenvalue weighted by atomic mass is 10.2. The molecule has 32 heavy (non-hydrogen) atoms. The molecule has 0 fully saturated rings. The molecule has 0 aliphatic heterocycles. The second kappa shape index (κ2) is 9.14. The molecule has 4 aromatic rings. The van der Waals surface area contributed by atoms with Gasteiger partial charge in [0, 0.05) is 36.3 Å². The van der Waals surface area contributed by atoms with Crippen molar-refractivity contribution in [2.24, 2.45) is 5.10 Å². The third kappa shape index (κ3) is 4.49. The third-order valence-electron chi connectivity index (χ3n) is 4.14. The second-order valence-electron chi connectivity index (χ2n) is 6.20. The number of amides is 1. The lowest BCUT2D eigenvalue weighted by molar-refractivity contribution is -0.384. The number of rotatable bonds is 6. The number of nitro groups is 1. The Labute approximate surface area is 184 Å². The molecule has 12 heteroatoms. The molecule has 3 aromatic heterocycles. The molecule has 1 aromatic carbocycles. The Balaban J connectivity index is 1.66. The predicted octanol–water partition coefficient (Wildman–Crippen LogP) is 2.31. The number of hydrazone groups is 1. The van der Waals surface area contributed by atoms with Gasteiger partial charge in [0.05, 0.1) is 16.7 Å². The topological polar surface area (TPSA) is 145 Å². The second-order valence-corrected chi connectivity index (χ2v) is 7.16. The molecule has 1 N–H and O–H groups in total. The summed E-state index contributed by atoms with van der Waals surface area (Å²) in [6.07, 6.45) is 5.87. The molecule has 0 atom stereocenters. The minimum Gasteiger partial charge on any atom is -0.268 e. The highest BCUT2D eigenvalue weighted by molar-refractivity contribution is 7.99. The van der Waals surface area contributed by atoms with Crippen molar-refractivity contribution in [3.63, 3.8) is 0 Å². The van der Waals surface area contributed by atoms with Gasteiger partial charge >= 0.3 is 0 Å². The molecule has 3 heterocycles. The highest BCUT2D eigenvalue weighted by Crippen LogP contribution is 2.24. The van der Waals surface area contributed by atoms with Crippen LogP contribution in [0, 0.1) is 10.1 Å². The van der Waals surface area contributed by atoms with E-state index in [1.165, 1.54) is 28.8 Å². The highest BCUT2D eigenvalue weighted by atomic mass is 32.2. The summed E-state index contributed by atoms with van der Waals surface area (Å²) in [5.41, 5.74) is 2.24. The van der Waals surface area contributed by atoms with Gasteiger partial charge in [-0.2, -0.15) is 5.10 Å². The molecule has 0 saturated heterocycles. The number of benzene rings is 1.